The molecule has 1 heterocycles. The van der Waals surface area contributed by atoms with Crippen molar-refractivity contribution < 1.29 is 4.52 Å². The van der Waals surface area contributed by atoms with Gasteiger partial charge in [0.15, 0.2) is 5.76 Å². The summed E-state index contributed by atoms with van der Waals surface area (Å²) in [5.74, 6) is 0.698. The van der Waals surface area contributed by atoms with Crippen molar-refractivity contribution in [2.45, 2.75) is 6.54 Å². The minimum atomic E-state index is 0.467. The molecule has 1 aromatic heterocycles. The zero-order valence-corrected chi connectivity index (χ0v) is 9.03. The third kappa shape index (κ3) is 2.33. The lowest BCUT2D eigenvalue weighted by molar-refractivity contribution is 0.388. The van der Waals surface area contributed by atoms with Gasteiger partial charge in [0.2, 0.25) is 0 Å². The minimum Gasteiger partial charge on any atom is -0.377 e. The van der Waals surface area contributed by atoms with Gasteiger partial charge in [-0.05, 0) is 18.2 Å². The largest absolute Gasteiger partial charge is 0.377 e. The lowest BCUT2D eigenvalue weighted by Crippen LogP contribution is -2.00. The van der Waals surface area contributed by atoms with Gasteiger partial charge in [0.05, 0.1) is 24.0 Å². The summed E-state index contributed by atoms with van der Waals surface area (Å²) in [5, 5.41) is 16.1. The van der Waals surface area contributed by atoms with Crippen LogP contribution >= 0.6 is 11.6 Å². The van der Waals surface area contributed by atoms with Crippen molar-refractivity contribution in [3.63, 3.8) is 0 Å². The van der Waals surface area contributed by atoms with Crippen LogP contribution in [0.4, 0.5) is 5.69 Å². The van der Waals surface area contributed by atoms with E-state index in [9.17, 15) is 0 Å². The molecule has 0 spiro atoms. The third-order valence-corrected chi connectivity index (χ3v) is 2.28. The van der Waals surface area contributed by atoms with Crippen molar-refractivity contribution in [3.05, 3.63) is 46.8 Å². The molecule has 0 fully saturated rings. The normalized spacial score (nSPS) is 9.75. The van der Waals surface area contributed by atoms with Crippen LogP contribution in [0, 0.1) is 11.3 Å². The zero-order chi connectivity index (χ0) is 11.4. The summed E-state index contributed by atoms with van der Waals surface area (Å²) in [6, 6.07) is 8.90. The molecular weight excluding hydrogens is 226 g/mol. The Labute approximate surface area is 97.4 Å². The Kier molecular flexibility index (Phi) is 3.08. The first kappa shape index (κ1) is 10.5. The van der Waals surface area contributed by atoms with Crippen LogP contribution in [0.5, 0.6) is 0 Å². The van der Waals surface area contributed by atoms with E-state index in [0.29, 0.717) is 28.6 Å². The van der Waals surface area contributed by atoms with E-state index in [1.165, 1.54) is 0 Å². The van der Waals surface area contributed by atoms with Gasteiger partial charge < -0.3 is 9.84 Å². The molecule has 16 heavy (non-hydrogen) atoms. The van der Waals surface area contributed by atoms with Crippen LogP contribution in [0.3, 0.4) is 0 Å². The number of nitrogens with one attached hydrogen (secondary N) is 1. The van der Waals surface area contributed by atoms with E-state index in [1.54, 1.807) is 30.5 Å². The van der Waals surface area contributed by atoms with E-state index in [-0.39, 0.29) is 0 Å². The van der Waals surface area contributed by atoms with Crippen molar-refractivity contribution in [1.82, 2.24) is 5.16 Å². The second-order valence-electron chi connectivity index (χ2n) is 3.13. The Morgan fingerprint density at radius 1 is 1.44 bits per heavy atom. The summed E-state index contributed by atoms with van der Waals surface area (Å²) >= 11 is 5.85. The van der Waals surface area contributed by atoms with Gasteiger partial charge in [0.25, 0.3) is 0 Å². The number of aromatic nitrogens is 1. The first-order chi connectivity index (χ1) is 7.79. The maximum atomic E-state index is 8.90. The van der Waals surface area contributed by atoms with Crippen molar-refractivity contribution >= 4 is 17.3 Å². The molecule has 5 heteroatoms. The molecule has 0 amide bonds. The van der Waals surface area contributed by atoms with E-state index < -0.39 is 0 Å². The van der Waals surface area contributed by atoms with Crippen LogP contribution < -0.4 is 5.32 Å². The predicted molar refractivity (Wildman–Crippen MR) is 60.0 cm³/mol. The number of nitriles is 1. The summed E-state index contributed by atoms with van der Waals surface area (Å²) in [4.78, 5) is 0. The van der Waals surface area contributed by atoms with Crippen molar-refractivity contribution in [2.24, 2.45) is 0 Å². The fourth-order valence-electron chi connectivity index (χ4n) is 1.28. The van der Waals surface area contributed by atoms with Gasteiger partial charge in [-0.15, -0.1) is 0 Å². The molecule has 0 atom stereocenters. The number of anilines is 1. The molecular formula is C11H8ClN3O. The Balaban J connectivity index is 2.15. The molecule has 0 aliphatic carbocycles. The summed E-state index contributed by atoms with van der Waals surface area (Å²) in [5.41, 5.74) is 1.23. The molecule has 80 valence electrons. The van der Waals surface area contributed by atoms with Gasteiger partial charge in [-0.2, -0.15) is 5.26 Å². The zero-order valence-electron chi connectivity index (χ0n) is 8.27. The van der Waals surface area contributed by atoms with Gasteiger partial charge >= 0.3 is 0 Å². The quantitative estimate of drug-likeness (QED) is 0.886. The van der Waals surface area contributed by atoms with Crippen LogP contribution in [0.1, 0.15) is 11.3 Å². The van der Waals surface area contributed by atoms with Crippen LogP contribution in [0.25, 0.3) is 0 Å². The average Bonchev–Trinajstić information content (AvgIpc) is 2.79. The van der Waals surface area contributed by atoms with E-state index >= 15 is 0 Å². The second kappa shape index (κ2) is 4.69. The summed E-state index contributed by atoms with van der Waals surface area (Å²) < 4.78 is 4.93. The van der Waals surface area contributed by atoms with Gasteiger partial charge in [-0.25, -0.2) is 0 Å². The Bertz CT molecular complexity index is 517. The van der Waals surface area contributed by atoms with E-state index in [2.05, 4.69) is 16.5 Å². The lowest BCUT2D eigenvalue weighted by atomic mass is 10.2. The molecule has 0 bridgehead atoms. The number of halogens is 1. The molecule has 0 aliphatic heterocycles. The van der Waals surface area contributed by atoms with Crippen LogP contribution in [0.2, 0.25) is 5.02 Å². The highest BCUT2D eigenvalue weighted by atomic mass is 35.5. The maximum Gasteiger partial charge on any atom is 0.155 e. The van der Waals surface area contributed by atoms with Gasteiger partial charge in [-0.1, -0.05) is 16.8 Å². The van der Waals surface area contributed by atoms with Crippen molar-refractivity contribution in [2.75, 3.05) is 5.32 Å². The van der Waals surface area contributed by atoms with Gasteiger partial charge in [-0.3, -0.25) is 0 Å². The first-order valence-corrected chi connectivity index (χ1v) is 5.00. The smallest absolute Gasteiger partial charge is 0.155 e. The molecule has 2 rings (SSSR count). The van der Waals surface area contributed by atoms with E-state index in [4.69, 9.17) is 21.4 Å². The summed E-state index contributed by atoms with van der Waals surface area (Å²) in [7, 11) is 0. The fourth-order valence-corrected chi connectivity index (χ4v) is 1.45. The first-order valence-electron chi connectivity index (χ1n) is 4.62. The third-order valence-electron chi connectivity index (χ3n) is 2.05. The minimum absolute atomic E-state index is 0.467. The van der Waals surface area contributed by atoms with Gasteiger partial charge in [0.1, 0.15) is 6.07 Å². The van der Waals surface area contributed by atoms with Crippen LogP contribution in [0.15, 0.2) is 35.0 Å². The number of benzene rings is 1. The standard InChI is InChI=1S/C11H8ClN3O/c12-9-2-1-8(6-13)11(5-9)14-7-10-3-4-15-16-10/h1-5,14H,7H2. The highest BCUT2D eigenvalue weighted by molar-refractivity contribution is 6.30. The number of hydrogen-bond acceptors (Lipinski definition) is 4. The Morgan fingerprint density at radius 3 is 3.00 bits per heavy atom. The Hall–Kier alpha value is -1.99. The Morgan fingerprint density at radius 2 is 2.31 bits per heavy atom. The van der Waals surface area contributed by atoms with Crippen molar-refractivity contribution in [3.8, 4) is 6.07 Å². The number of nitrogens with zero attached hydrogens (tertiary/aromatic N) is 2. The summed E-state index contributed by atoms with van der Waals surface area (Å²) in [6.07, 6.45) is 1.57. The highest BCUT2D eigenvalue weighted by Crippen LogP contribution is 2.20. The van der Waals surface area contributed by atoms with E-state index in [0.717, 1.165) is 0 Å². The monoisotopic (exact) mass is 233 g/mol. The summed E-state index contributed by atoms with van der Waals surface area (Å²) in [6.45, 7) is 0.467. The fraction of sp³-hybridized carbons (Fsp3) is 0.0909. The average molecular weight is 234 g/mol. The van der Waals surface area contributed by atoms with Crippen LogP contribution in [-0.4, -0.2) is 5.16 Å². The SMILES string of the molecule is N#Cc1ccc(Cl)cc1NCc1ccno1. The predicted octanol–water partition coefficient (Wildman–Crippen LogP) is 2.81. The van der Waals surface area contributed by atoms with Gasteiger partial charge in [0, 0.05) is 11.1 Å². The lowest BCUT2D eigenvalue weighted by Gasteiger charge is -2.06. The van der Waals surface area contributed by atoms with Crippen LogP contribution in [-0.2, 0) is 6.54 Å². The molecule has 2 aromatic rings. The molecule has 0 radical (unpaired) electrons. The van der Waals surface area contributed by atoms with E-state index in [1.807, 2.05) is 0 Å². The maximum absolute atomic E-state index is 8.90. The molecule has 0 aliphatic rings. The molecule has 4 nitrogen and oxygen atoms in total. The van der Waals surface area contributed by atoms with Crippen molar-refractivity contribution in [1.29, 1.82) is 5.26 Å². The second-order valence-corrected chi connectivity index (χ2v) is 3.57. The molecule has 1 N–H and O–H groups in total. The highest BCUT2D eigenvalue weighted by Gasteiger charge is 2.03. The molecule has 0 saturated carbocycles. The topological polar surface area (TPSA) is 61.9 Å². The molecule has 0 saturated heterocycles. The molecule has 0 unspecified atom stereocenters. The number of hydrogen-bond donors (Lipinski definition) is 1. The molecule has 1 aromatic carbocycles. The number of rotatable bonds is 3.